The van der Waals surface area contributed by atoms with Crippen molar-refractivity contribution in [3.8, 4) is 5.75 Å². The molecule has 1 aromatic rings. The minimum Gasteiger partial charge on any atom is -0.494 e. The van der Waals surface area contributed by atoms with E-state index in [-0.39, 0.29) is 6.61 Å². The van der Waals surface area contributed by atoms with Gasteiger partial charge in [0.15, 0.2) is 18.9 Å². The Balaban J connectivity index is 1.53. The van der Waals surface area contributed by atoms with Crippen LogP contribution in [0.3, 0.4) is 0 Å². The number of carbonyl (C=O) groups excluding carboxylic acids is 2. The smallest absolute Gasteiger partial charge is 0.217 e. The summed E-state index contributed by atoms with van der Waals surface area (Å²) in [6.45, 7) is 1.52. The van der Waals surface area contributed by atoms with E-state index < -0.39 is 111 Å². The molecule has 0 aromatic heterocycles. The van der Waals surface area contributed by atoms with Crippen molar-refractivity contribution in [2.45, 2.75) is 119 Å². The SMILES string of the molecule is CC(=O)N[C@H]1[C@H](OCCCCOc2ccc(C=O)cc2)O[C@H](CO)[C@@H](O[C@H]2O[C@@H](CO)[C@@H](O)[C@@H](O)[C@@H]2O)[C@@H]1O[C@H]1O[C@H](C)[C@H](O)[C@H](O)[C@H]1O. The molecule has 18 nitrogen and oxygen atoms in total. The van der Waals surface area contributed by atoms with Gasteiger partial charge in [-0.05, 0) is 44.0 Å². The van der Waals surface area contributed by atoms with E-state index in [2.05, 4.69) is 5.32 Å². The average molecular weight is 706 g/mol. The molecule has 278 valence electrons. The van der Waals surface area contributed by atoms with Crippen LogP contribution in [0.2, 0.25) is 0 Å². The molecule has 1 amide bonds. The molecule has 3 fully saturated rings. The summed E-state index contributed by atoms with van der Waals surface area (Å²) in [5.74, 6) is -0.00378. The Morgan fingerprint density at radius 2 is 1.33 bits per heavy atom. The molecule has 0 bridgehead atoms. The first-order valence-corrected chi connectivity index (χ1v) is 16.0. The van der Waals surface area contributed by atoms with Gasteiger partial charge in [-0.2, -0.15) is 0 Å². The van der Waals surface area contributed by atoms with E-state index in [1.54, 1.807) is 24.3 Å². The molecular formula is C31H47NO17. The van der Waals surface area contributed by atoms with Gasteiger partial charge in [-0.15, -0.1) is 0 Å². The Morgan fingerprint density at radius 1 is 0.755 bits per heavy atom. The zero-order chi connectivity index (χ0) is 35.8. The Bertz CT molecular complexity index is 1180. The summed E-state index contributed by atoms with van der Waals surface area (Å²) in [6, 6.07) is 5.33. The Kier molecular flexibility index (Phi) is 14.6. The molecule has 15 atom stereocenters. The minimum atomic E-state index is -1.86. The van der Waals surface area contributed by atoms with Crippen LogP contribution in [-0.2, 0) is 33.2 Å². The number of carbonyl (C=O) groups is 2. The molecule has 0 saturated carbocycles. The summed E-state index contributed by atoms with van der Waals surface area (Å²) in [5.41, 5.74) is 0.513. The molecule has 18 heteroatoms. The van der Waals surface area contributed by atoms with E-state index in [0.717, 1.165) is 6.29 Å². The molecular weight excluding hydrogens is 658 g/mol. The van der Waals surface area contributed by atoms with E-state index in [0.29, 0.717) is 30.8 Å². The van der Waals surface area contributed by atoms with Gasteiger partial charge in [-0.3, -0.25) is 9.59 Å². The van der Waals surface area contributed by atoms with Crippen molar-refractivity contribution in [1.82, 2.24) is 5.32 Å². The third kappa shape index (κ3) is 9.69. The van der Waals surface area contributed by atoms with Crippen LogP contribution in [-0.4, -0.2) is 172 Å². The van der Waals surface area contributed by atoms with Gasteiger partial charge in [0.05, 0.1) is 25.9 Å². The summed E-state index contributed by atoms with van der Waals surface area (Å²) >= 11 is 0. The molecule has 0 spiro atoms. The second-order valence-corrected chi connectivity index (χ2v) is 12.1. The van der Waals surface area contributed by atoms with Gasteiger partial charge in [0.2, 0.25) is 5.91 Å². The maximum atomic E-state index is 12.4. The molecule has 3 saturated heterocycles. The fraction of sp³-hybridized carbons (Fsp3) is 0.742. The van der Waals surface area contributed by atoms with Crippen molar-refractivity contribution in [3.63, 3.8) is 0 Å². The number of ether oxygens (including phenoxy) is 7. The predicted molar refractivity (Wildman–Crippen MR) is 162 cm³/mol. The van der Waals surface area contributed by atoms with Gasteiger partial charge >= 0.3 is 0 Å². The van der Waals surface area contributed by atoms with E-state index in [9.17, 15) is 50.4 Å². The maximum absolute atomic E-state index is 12.4. The quantitative estimate of drug-likeness (QED) is 0.0627. The lowest BCUT2D eigenvalue weighted by Crippen LogP contribution is -2.69. The number of rotatable bonds is 15. The molecule has 3 aliphatic heterocycles. The highest BCUT2D eigenvalue weighted by Gasteiger charge is 2.54. The Labute approximate surface area is 282 Å². The van der Waals surface area contributed by atoms with Gasteiger partial charge in [0.25, 0.3) is 0 Å². The van der Waals surface area contributed by atoms with Crippen molar-refractivity contribution in [2.75, 3.05) is 26.4 Å². The van der Waals surface area contributed by atoms with Gasteiger partial charge < -0.3 is 79.3 Å². The zero-order valence-corrected chi connectivity index (χ0v) is 27.0. The monoisotopic (exact) mass is 705 g/mol. The lowest BCUT2D eigenvalue weighted by molar-refractivity contribution is -0.373. The second kappa shape index (κ2) is 18.2. The third-order valence-electron chi connectivity index (χ3n) is 8.54. The fourth-order valence-electron chi connectivity index (χ4n) is 5.76. The number of amides is 1. The molecule has 3 aliphatic rings. The number of hydrogen-bond donors (Lipinski definition) is 9. The number of aliphatic hydroxyl groups excluding tert-OH is 8. The third-order valence-corrected chi connectivity index (χ3v) is 8.54. The molecule has 4 rings (SSSR count). The highest BCUT2D eigenvalue weighted by Crippen LogP contribution is 2.34. The standard InChI is InChI=1S/C31H47NO17/c1-14-21(37)23(39)25(41)30(45-14)49-28-20(32-15(2)36)29(44-10-4-3-9-43-17-7-5-16(11-33)6-8-17)47-19(13-35)27(28)48-31-26(42)24(40)22(38)18(12-34)46-31/h5-8,11,14,18-31,34-35,37-42H,3-4,9-10,12-13H2,1-2H3,(H,32,36)/t14-,18+,19-,20-,21+,22-,23+,24-,25-,26+,27-,28-,29-,30-,31-/m1/s1. The number of nitrogens with one attached hydrogen (secondary N) is 1. The topological polar surface area (TPSA) is 273 Å². The van der Waals surface area contributed by atoms with E-state index in [1.807, 2.05) is 0 Å². The van der Waals surface area contributed by atoms with Crippen molar-refractivity contribution in [3.05, 3.63) is 29.8 Å². The van der Waals surface area contributed by atoms with Crippen LogP contribution in [0.4, 0.5) is 0 Å². The number of aldehydes is 1. The van der Waals surface area contributed by atoms with Gasteiger partial charge in [-0.1, -0.05) is 0 Å². The first-order chi connectivity index (χ1) is 23.4. The molecule has 0 aliphatic carbocycles. The first-order valence-electron chi connectivity index (χ1n) is 16.0. The molecule has 0 unspecified atom stereocenters. The van der Waals surface area contributed by atoms with Crippen LogP contribution in [0.15, 0.2) is 24.3 Å². The number of hydrogen-bond acceptors (Lipinski definition) is 17. The highest BCUT2D eigenvalue weighted by molar-refractivity contribution is 5.74. The van der Waals surface area contributed by atoms with Crippen LogP contribution in [0.25, 0.3) is 0 Å². The number of unbranched alkanes of at least 4 members (excludes halogenated alkanes) is 1. The number of benzene rings is 1. The van der Waals surface area contributed by atoms with Crippen molar-refractivity contribution >= 4 is 12.2 Å². The van der Waals surface area contributed by atoms with E-state index >= 15 is 0 Å². The van der Waals surface area contributed by atoms with Gasteiger partial charge in [0.1, 0.15) is 79.1 Å². The van der Waals surface area contributed by atoms with Crippen LogP contribution < -0.4 is 10.1 Å². The Morgan fingerprint density at radius 3 is 1.94 bits per heavy atom. The Hall–Kier alpha value is -2.40. The van der Waals surface area contributed by atoms with Crippen LogP contribution in [0, 0.1) is 0 Å². The maximum Gasteiger partial charge on any atom is 0.217 e. The van der Waals surface area contributed by atoms with Gasteiger partial charge in [0, 0.05) is 19.1 Å². The summed E-state index contributed by atoms with van der Waals surface area (Å²) in [4.78, 5) is 23.3. The van der Waals surface area contributed by atoms with Gasteiger partial charge in [-0.25, -0.2) is 0 Å². The minimum absolute atomic E-state index is 0.0712. The van der Waals surface area contributed by atoms with Crippen LogP contribution in [0.5, 0.6) is 5.75 Å². The highest BCUT2D eigenvalue weighted by atomic mass is 16.8. The second-order valence-electron chi connectivity index (χ2n) is 12.1. The summed E-state index contributed by atoms with van der Waals surface area (Å²) in [7, 11) is 0. The number of aliphatic hydroxyl groups is 8. The molecule has 0 radical (unpaired) electrons. The van der Waals surface area contributed by atoms with Crippen LogP contribution in [0.1, 0.15) is 37.0 Å². The molecule has 9 N–H and O–H groups in total. The summed E-state index contributed by atoms with van der Waals surface area (Å²) in [6.07, 6.45) is -19.8. The predicted octanol–water partition coefficient (Wildman–Crippen LogP) is -3.71. The average Bonchev–Trinajstić information content (AvgIpc) is 3.09. The molecule has 1 aromatic carbocycles. The molecule has 3 heterocycles. The first kappa shape index (κ1) is 39.4. The van der Waals surface area contributed by atoms with Crippen molar-refractivity contribution in [2.24, 2.45) is 0 Å². The van der Waals surface area contributed by atoms with E-state index in [4.69, 9.17) is 33.2 Å². The lowest BCUT2D eigenvalue weighted by atomic mass is 9.94. The van der Waals surface area contributed by atoms with Crippen LogP contribution >= 0.6 is 0 Å². The van der Waals surface area contributed by atoms with E-state index in [1.165, 1.54) is 13.8 Å². The summed E-state index contributed by atoms with van der Waals surface area (Å²) < 4.78 is 40.9. The largest absolute Gasteiger partial charge is 0.494 e. The van der Waals surface area contributed by atoms with Crippen molar-refractivity contribution < 1.29 is 83.6 Å². The fourth-order valence-corrected chi connectivity index (χ4v) is 5.76. The lowest BCUT2D eigenvalue weighted by Gasteiger charge is -2.50. The molecule has 49 heavy (non-hydrogen) atoms. The van der Waals surface area contributed by atoms with Crippen molar-refractivity contribution in [1.29, 1.82) is 0 Å². The zero-order valence-electron chi connectivity index (χ0n) is 27.0. The summed E-state index contributed by atoms with van der Waals surface area (Å²) in [5, 5.41) is 85.3. The normalized spacial score (nSPS) is 39.7.